The van der Waals surface area contributed by atoms with Crippen LogP contribution in [0.4, 0.5) is 0 Å². The summed E-state index contributed by atoms with van der Waals surface area (Å²) >= 11 is 0. The number of rotatable bonds is 3. The van der Waals surface area contributed by atoms with Crippen molar-refractivity contribution in [2.75, 3.05) is 13.1 Å². The molecule has 2 aromatic heterocycles. The number of hydrogen-bond donors (Lipinski definition) is 0. The van der Waals surface area contributed by atoms with E-state index >= 15 is 0 Å². The molecule has 1 atom stereocenters. The van der Waals surface area contributed by atoms with Gasteiger partial charge in [0, 0.05) is 13.1 Å². The minimum atomic E-state index is -0.125. The molecule has 0 N–H and O–H groups in total. The molecule has 0 amide bonds. The summed E-state index contributed by atoms with van der Waals surface area (Å²) in [6, 6.07) is 12.7. The van der Waals surface area contributed by atoms with Crippen LogP contribution in [0.3, 0.4) is 0 Å². The van der Waals surface area contributed by atoms with E-state index < -0.39 is 0 Å². The second kappa shape index (κ2) is 6.11. The lowest BCUT2D eigenvalue weighted by atomic mass is 10.0. The second-order valence-corrected chi connectivity index (χ2v) is 7.52. The maximum absolute atomic E-state index is 6.32. The SMILES string of the molecule is Cc1ccc(-c2cnc3n2C[C@@]2(CCN(Cc4ccco4)C2)OC3)cc1. The van der Waals surface area contributed by atoms with Crippen LogP contribution in [0.2, 0.25) is 0 Å². The predicted octanol–water partition coefficient (Wildman–Crippen LogP) is 3.63. The van der Waals surface area contributed by atoms with E-state index in [4.69, 9.17) is 9.15 Å². The van der Waals surface area contributed by atoms with Gasteiger partial charge in [0.25, 0.3) is 0 Å². The van der Waals surface area contributed by atoms with Crippen molar-refractivity contribution in [2.24, 2.45) is 0 Å². The first-order chi connectivity index (χ1) is 12.7. The van der Waals surface area contributed by atoms with E-state index in [1.165, 1.54) is 16.8 Å². The van der Waals surface area contributed by atoms with Crippen molar-refractivity contribution in [1.82, 2.24) is 14.5 Å². The van der Waals surface area contributed by atoms with Gasteiger partial charge in [0.1, 0.15) is 23.8 Å². The summed E-state index contributed by atoms with van der Waals surface area (Å²) in [6.07, 6.45) is 4.76. The molecule has 4 heterocycles. The average Bonchev–Trinajstić information content (AvgIpc) is 3.37. The molecule has 2 aliphatic rings. The lowest BCUT2D eigenvalue weighted by Crippen LogP contribution is -2.44. The second-order valence-electron chi connectivity index (χ2n) is 7.52. The molecule has 0 saturated carbocycles. The minimum Gasteiger partial charge on any atom is -0.468 e. The summed E-state index contributed by atoms with van der Waals surface area (Å²) in [6.45, 7) is 6.37. The molecule has 1 spiro atoms. The average molecular weight is 349 g/mol. The Balaban J connectivity index is 1.38. The van der Waals surface area contributed by atoms with E-state index in [0.29, 0.717) is 6.61 Å². The van der Waals surface area contributed by atoms with Gasteiger partial charge in [-0.2, -0.15) is 0 Å². The standard InChI is InChI=1S/C21H23N3O2/c1-16-4-6-17(7-5-16)19-11-22-20-13-26-21(15-24(19)20)8-9-23(14-21)12-18-3-2-10-25-18/h2-7,10-11H,8-9,12-15H2,1H3/t21-/m0/s1. The van der Waals surface area contributed by atoms with E-state index in [1.54, 1.807) is 6.26 Å². The molecular weight excluding hydrogens is 326 g/mol. The van der Waals surface area contributed by atoms with Crippen molar-refractivity contribution in [3.8, 4) is 11.3 Å². The van der Waals surface area contributed by atoms with E-state index in [1.807, 2.05) is 18.3 Å². The molecule has 1 saturated heterocycles. The Bertz CT molecular complexity index is 898. The summed E-state index contributed by atoms with van der Waals surface area (Å²) < 4.78 is 14.2. The molecule has 0 bridgehead atoms. The molecule has 5 heteroatoms. The van der Waals surface area contributed by atoms with Crippen LogP contribution in [-0.4, -0.2) is 33.1 Å². The van der Waals surface area contributed by atoms with Crippen LogP contribution in [0.5, 0.6) is 0 Å². The summed E-state index contributed by atoms with van der Waals surface area (Å²) in [5, 5.41) is 0. The molecule has 1 aromatic carbocycles. The highest BCUT2D eigenvalue weighted by Crippen LogP contribution is 2.35. The van der Waals surface area contributed by atoms with Crippen LogP contribution in [0.15, 0.2) is 53.3 Å². The first-order valence-electron chi connectivity index (χ1n) is 9.21. The van der Waals surface area contributed by atoms with Crippen molar-refractivity contribution in [2.45, 2.75) is 38.6 Å². The van der Waals surface area contributed by atoms with Crippen molar-refractivity contribution in [3.05, 3.63) is 66.0 Å². The van der Waals surface area contributed by atoms with Crippen molar-refractivity contribution < 1.29 is 9.15 Å². The van der Waals surface area contributed by atoms with Gasteiger partial charge < -0.3 is 13.7 Å². The van der Waals surface area contributed by atoms with Crippen molar-refractivity contribution >= 4 is 0 Å². The molecule has 3 aromatic rings. The Morgan fingerprint density at radius 1 is 1.15 bits per heavy atom. The van der Waals surface area contributed by atoms with Gasteiger partial charge in [0.05, 0.1) is 31.2 Å². The topological polar surface area (TPSA) is 43.4 Å². The Kier molecular flexibility index (Phi) is 3.72. The number of fused-ring (bicyclic) bond motifs is 1. The Hall–Kier alpha value is -2.37. The summed E-state index contributed by atoms with van der Waals surface area (Å²) in [5.74, 6) is 2.04. The third-order valence-electron chi connectivity index (χ3n) is 5.59. The smallest absolute Gasteiger partial charge is 0.135 e. The van der Waals surface area contributed by atoms with Crippen LogP contribution < -0.4 is 0 Å². The zero-order chi connectivity index (χ0) is 17.6. The van der Waals surface area contributed by atoms with Gasteiger partial charge >= 0.3 is 0 Å². The number of imidazole rings is 1. The van der Waals surface area contributed by atoms with E-state index in [2.05, 4.69) is 45.6 Å². The van der Waals surface area contributed by atoms with Crippen LogP contribution in [0.25, 0.3) is 11.3 Å². The van der Waals surface area contributed by atoms with Crippen molar-refractivity contribution in [3.63, 3.8) is 0 Å². The molecule has 0 aliphatic carbocycles. The molecule has 5 rings (SSSR count). The minimum absolute atomic E-state index is 0.125. The maximum Gasteiger partial charge on any atom is 0.135 e. The number of aryl methyl sites for hydroxylation is 1. The van der Waals surface area contributed by atoms with Gasteiger partial charge in [-0.1, -0.05) is 29.8 Å². The molecule has 5 nitrogen and oxygen atoms in total. The zero-order valence-corrected chi connectivity index (χ0v) is 15.0. The van der Waals surface area contributed by atoms with E-state index in [-0.39, 0.29) is 5.60 Å². The van der Waals surface area contributed by atoms with Crippen molar-refractivity contribution in [1.29, 1.82) is 0 Å². The van der Waals surface area contributed by atoms with Gasteiger partial charge in [-0.25, -0.2) is 4.98 Å². The van der Waals surface area contributed by atoms with Gasteiger partial charge in [0.15, 0.2) is 0 Å². The molecule has 134 valence electrons. The number of ether oxygens (including phenoxy) is 1. The van der Waals surface area contributed by atoms with Crippen LogP contribution in [0, 0.1) is 6.92 Å². The number of hydrogen-bond acceptors (Lipinski definition) is 4. The lowest BCUT2D eigenvalue weighted by molar-refractivity contribution is -0.0823. The fourth-order valence-electron chi connectivity index (χ4n) is 4.14. The molecular formula is C21H23N3O2. The van der Waals surface area contributed by atoms with Crippen LogP contribution in [-0.2, 0) is 24.4 Å². The Morgan fingerprint density at radius 2 is 2.04 bits per heavy atom. The summed E-state index contributed by atoms with van der Waals surface area (Å²) in [7, 11) is 0. The fraction of sp³-hybridized carbons (Fsp3) is 0.381. The fourth-order valence-corrected chi connectivity index (χ4v) is 4.14. The third kappa shape index (κ3) is 2.77. The number of benzene rings is 1. The van der Waals surface area contributed by atoms with Crippen LogP contribution >= 0.6 is 0 Å². The first kappa shape index (κ1) is 15.9. The molecule has 0 unspecified atom stereocenters. The molecule has 0 radical (unpaired) electrons. The predicted molar refractivity (Wildman–Crippen MR) is 98.5 cm³/mol. The lowest BCUT2D eigenvalue weighted by Gasteiger charge is -2.35. The number of furan rings is 1. The summed E-state index contributed by atoms with van der Waals surface area (Å²) in [5.41, 5.74) is 3.56. The highest BCUT2D eigenvalue weighted by atomic mass is 16.5. The van der Waals surface area contributed by atoms with E-state index in [9.17, 15) is 0 Å². The molecule has 2 aliphatic heterocycles. The summed E-state index contributed by atoms with van der Waals surface area (Å²) in [4.78, 5) is 7.02. The zero-order valence-electron chi connectivity index (χ0n) is 15.0. The highest BCUT2D eigenvalue weighted by molar-refractivity contribution is 5.60. The normalized spacial score (nSPS) is 22.8. The first-order valence-corrected chi connectivity index (χ1v) is 9.21. The van der Waals surface area contributed by atoms with E-state index in [0.717, 1.165) is 44.2 Å². The van der Waals surface area contributed by atoms with Gasteiger partial charge in [-0.05, 0) is 31.0 Å². The van der Waals surface area contributed by atoms with Gasteiger partial charge in [-0.3, -0.25) is 4.90 Å². The number of likely N-dealkylation sites (tertiary alicyclic amines) is 1. The highest BCUT2D eigenvalue weighted by Gasteiger charge is 2.43. The number of aromatic nitrogens is 2. The van der Waals surface area contributed by atoms with Gasteiger partial charge in [-0.15, -0.1) is 0 Å². The van der Waals surface area contributed by atoms with Crippen LogP contribution in [0.1, 0.15) is 23.6 Å². The third-order valence-corrected chi connectivity index (χ3v) is 5.59. The monoisotopic (exact) mass is 349 g/mol. The quantitative estimate of drug-likeness (QED) is 0.724. The Morgan fingerprint density at radius 3 is 2.85 bits per heavy atom. The molecule has 1 fully saturated rings. The number of nitrogens with zero attached hydrogens (tertiary/aromatic N) is 3. The largest absolute Gasteiger partial charge is 0.468 e. The Labute approximate surface area is 153 Å². The van der Waals surface area contributed by atoms with Gasteiger partial charge in [0.2, 0.25) is 0 Å². The maximum atomic E-state index is 6.32. The molecule has 26 heavy (non-hydrogen) atoms.